The number of hydrogen-bond donors (Lipinski definition) is 1. The molecule has 0 aromatic carbocycles. The number of carbonyl (C=O) groups excluding carboxylic acids is 5. The van der Waals surface area contributed by atoms with E-state index in [1.54, 1.807) is 38.9 Å². The first kappa shape index (κ1) is 55.7. The predicted molar refractivity (Wildman–Crippen MR) is 259 cm³/mol. The first-order chi connectivity index (χ1) is 32.8. The number of allylic oxidation sites excluding steroid dienone is 6. The van der Waals surface area contributed by atoms with E-state index in [1.807, 2.05) is 58.1 Å². The van der Waals surface area contributed by atoms with Crippen molar-refractivity contribution in [2.24, 2.45) is 35.5 Å². The number of cyclic esters (lactones) is 1. The number of rotatable bonds is 7. The van der Waals surface area contributed by atoms with Crippen LogP contribution >= 0.6 is 0 Å². The molecule has 4 heterocycles. The summed E-state index contributed by atoms with van der Waals surface area (Å²) in [6.45, 7) is 15.1. The highest BCUT2D eigenvalue weighted by Crippen LogP contribution is 2.38. The lowest BCUT2D eigenvalue weighted by molar-refractivity contribution is -0.169. The van der Waals surface area contributed by atoms with Crippen molar-refractivity contribution in [3.63, 3.8) is 0 Å². The molecule has 3 aliphatic heterocycles. The molecule has 2 unspecified atom stereocenters. The second-order valence-corrected chi connectivity index (χ2v) is 20.9. The second kappa shape index (κ2) is 25.8. The van der Waals surface area contributed by atoms with Crippen LogP contribution in [0, 0.1) is 35.5 Å². The fraction of sp³-hybridized carbons (Fsp3) is 0.736. The molecule has 16 heteroatoms. The highest BCUT2D eigenvalue weighted by Gasteiger charge is 2.47. The normalized spacial score (nSPS) is 38.8. The number of fused-ring (bicyclic) bond motifs is 3. The molecule has 1 amide bonds. The SMILES string of the molecule is COC1C(=O)C2C[C@H](C)/C=C/C=C/C=C(\C)[C@@H](OC)C[C@@H](C)CC[C@@H](C)[C@](C)(O)C(=O)C(=O)N3CCCC[C@H]3C(=O)O[C@H]([C@H](C)C[C@@H]3CC[C@H](n4ncnn4)[C@H](OC)C3)CC(=O)[C@H](C)/C=C(\C)[C@H]1O2. The van der Waals surface area contributed by atoms with Crippen LogP contribution in [0.1, 0.15) is 138 Å². The molecule has 2 saturated heterocycles. The first-order valence-corrected chi connectivity index (χ1v) is 25.3. The van der Waals surface area contributed by atoms with Crippen LogP contribution < -0.4 is 0 Å². The fourth-order valence-electron chi connectivity index (χ4n) is 10.7. The van der Waals surface area contributed by atoms with Crippen LogP contribution in [0.2, 0.25) is 0 Å². The van der Waals surface area contributed by atoms with Crippen LogP contribution in [0.15, 0.2) is 53.9 Å². The van der Waals surface area contributed by atoms with Gasteiger partial charge in [-0.15, -0.1) is 10.2 Å². The average molecular weight is 964 g/mol. The maximum atomic E-state index is 14.5. The van der Waals surface area contributed by atoms with Crippen molar-refractivity contribution in [2.75, 3.05) is 27.9 Å². The highest BCUT2D eigenvalue weighted by atomic mass is 16.6. The largest absolute Gasteiger partial charge is 0.460 e. The molecular formula is C53H81N5O11. The Balaban J connectivity index is 1.43. The Morgan fingerprint density at radius 1 is 0.884 bits per heavy atom. The number of piperidine rings is 1. The Morgan fingerprint density at radius 3 is 2.32 bits per heavy atom. The molecule has 1 saturated carbocycles. The van der Waals surface area contributed by atoms with Gasteiger partial charge in [0.05, 0.1) is 18.2 Å². The van der Waals surface area contributed by atoms with Gasteiger partial charge in [-0.05, 0) is 131 Å². The third kappa shape index (κ3) is 14.5. The first-order valence-electron chi connectivity index (χ1n) is 25.3. The molecule has 1 N–H and O–H groups in total. The lowest BCUT2D eigenvalue weighted by atomic mass is 9.77. The minimum absolute atomic E-state index is 0.0164. The maximum Gasteiger partial charge on any atom is 0.329 e. The van der Waals surface area contributed by atoms with Gasteiger partial charge in [-0.1, -0.05) is 77.5 Å². The quantitative estimate of drug-likeness (QED) is 0.165. The molecule has 2 bridgehead atoms. The van der Waals surface area contributed by atoms with Gasteiger partial charge in [-0.25, -0.2) is 4.79 Å². The molecular weight excluding hydrogens is 883 g/mol. The monoisotopic (exact) mass is 964 g/mol. The van der Waals surface area contributed by atoms with Crippen molar-refractivity contribution in [1.29, 1.82) is 0 Å². The molecule has 1 aliphatic carbocycles. The Morgan fingerprint density at radius 2 is 1.64 bits per heavy atom. The molecule has 3 fully saturated rings. The number of nitrogens with zero attached hydrogens (tertiary/aromatic N) is 5. The van der Waals surface area contributed by atoms with Gasteiger partial charge >= 0.3 is 5.97 Å². The summed E-state index contributed by atoms with van der Waals surface area (Å²) < 4.78 is 30.2. The smallest absolute Gasteiger partial charge is 0.329 e. The van der Waals surface area contributed by atoms with Crippen molar-refractivity contribution in [1.82, 2.24) is 25.1 Å². The zero-order valence-corrected chi connectivity index (χ0v) is 43.1. The minimum atomic E-state index is -1.98. The van der Waals surface area contributed by atoms with Crippen LogP contribution in [0.4, 0.5) is 0 Å². The summed E-state index contributed by atoms with van der Waals surface area (Å²) in [6, 6.07) is -1.15. The summed E-state index contributed by atoms with van der Waals surface area (Å²) >= 11 is 0. The molecule has 5 rings (SSSR count). The van der Waals surface area contributed by atoms with E-state index in [-0.39, 0.29) is 72.9 Å². The van der Waals surface area contributed by atoms with Crippen molar-refractivity contribution in [3.8, 4) is 0 Å². The average Bonchev–Trinajstić information content (AvgIpc) is 3.98. The zero-order valence-electron chi connectivity index (χ0n) is 43.1. The van der Waals surface area contributed by atoms with Gasteiger partial charge in [-0.2, -0.15) is 4.80 Å². The van der Waals surface area contributed by atoms with Crippen LogP contribution in [0.25, 0.3) is 0 Å². The van der Waals surface area contributed by atoms with E-state index in [0.29, 0.717) is 56.9 Å². The Bertz CT molecular complexity index is 2010. The summed E-state index contributed by atoms with van der Waals surface area (Å²) in [5.74, 6) is -4.00. The van der Waals surface area contributed by atoms with Gasteiger partial charge in [0, 0.05) is 40.2 Å². The van der Waals surface area contributed by atoms with Gasteiger partial charge in [0.15, 0.2) is 12.1 Å². The van der Waals surface area contributed by atoms with Crippen molar-refractivity contribution in [3.05, 3.63) is 53.9 Å². The third-order valence-corrected chi connectivity index (χ3v) is 15.5. The number of ketones is 3. The molecule has 0 radical (unpaired) electrons. The topological polar surface area (TPSA) is 199 Å². The Hall–Kier alpha value is -4.22. The van der Waals surface area contributed by atoms with Crippen LogP contribution in [-0.4, -0.2) is 136 Å². The lowest BCUT2D eigenvalue weighted by Gasteiger charge is -2.38. The molecule has 16 nitrogen and oxygen atoms in total. The molecule has 4 aliphatic rings. The highest BCUT2D eigenvalue weighted by molar-refractivity contribution is 6.39. The predicted octanol–water partition coefficient (Wildman–Crippen LogP) is 7.12. The van der Waals surface area contributed by atoms with Gasteiger partial charge in [-0.3, -0.25) is 19.2 Å². The number of amides is 1. The molecule has 15 atom stereocenters. The number of aliphatic hydroxyl groups is 1. The molecule has 0 spiro atoms. The fourth-order valence-corrected chi connectivity index (χ4v) is 10.7. The van der Waals surface area contributed by atoms with Crippen LogP contribution in [0.5, 0.6) is 0 Å². The standard InChI is InChI=1S/C53H81N5O11/c1-32-17-13-12-14-18-34(3)43(65-9)25-33(2)20-21-38(7)53(8,64)50(61)51(62)57-24-16-15-19-41(57)52(63)69-44(36(5)28-39-22-23-40(45(29-39)66-10)58-55-31-54-56-58)30-42(59)35(4)27-37(6)48-49(67-11)47(60)46(26-32)68-48/h12-14,17-18,27,31-33,35-36,38-41,43-46,48-49,64H,15-16,19-26,28-30H2,1-11H3/b14-12+,17-13+,34-18+,37-27+/t32-,33+,35-,36-,38-,39+,40+,41+,43+,44+,45-,46?,48-,49?,53+/m1/s1. The minimum Gasteiger partial charge on any atom is -0.460 e. The summed E-state index contributed by atoms with van der Waals surface area (Å²) in [7, 11) is 4.84. The van der Waals surface area contributed by atoms with Crippen molar-refractivity contribution >= 4 is 29.2 Å². The van der Waals surface area contributed by atoms with E-state index in [9.17, 15) is 29.1 Å². The molecule has 1 aromatic heterocycles. The van der Waals surface area contributed by atoms with E-state index in [1.165, 1.54) is 25.3 Å². The van der Waals surface area contributed by atoms with Crippen LogP contribution in [-0.2, 0) is 47.7 Å². The molecule has 1 aromatic rings. The number of tetrazole rings is 1. The second-order valence-electron chi connectivity index (χ2n) is 20.9. The number of Topliss-reactive ketones (excluding diaryl/α,β-unsaturated/α-hetero) is 3. The van der Waals surface area contributed by atoms with Gasteiger partial charge in [0.1, 0.15) is 41.8 Å². The Labute approximate surface area is 410 Å². The number of esters is 1. The summed E-state index contributed by atoms with van der Waals surface area (Å²) in [4.78, 5) is 73.5. The van der Waals surface area contributed by atoms with Crippen LogP contribution in [0.3, 0.4) is 0 Å². The number of ether oxygens (including phenoxy) is 5. The van der Waals surface area contributed by atoms with Gasteiger partial charge in [0.25, 0.3) is 11.7 Å². The van der Waals surface area contributed by atoms with E-state index >= 15 is 0 Å². The number of hydrogen-bond acceptors (Lipinski definition) is 14. The lowest BCUT2D eigenvalue weighted by Crippen LogP contribution is -2.57. The molecule has 384 valence electrons. The van der Waals surface area contributed by atoms with Crippen molar-refractivity contribution in [2.45, 2.75) is 187 Å². The maximum absolute atomic E-state index is 14.5. The summed E-state index contributed by atoms with van der Waals surface area (Å²) in [5, 5.41) is 24.0. The number of methoxy groups -OCH3 is 3. The summed E-state index contributed by atoms with van der Waals surface area (Å²) in [5.41, 5.74) is -0.253. The van der Waals surface area contributed by atoms with E-state index in [2.05, 4.69) is 22.3 Å². The summed E-state index contributed by atoms with van der Waals surface area (Å²) in [6.07, 6.45) is 16.3. The van der Waals surface area contributed by atoms with Gasteiger partial charge in [0.2, 0.25) is 0 Å². The van der Waals surface area contributed by atoms with Crippen molar-refractivity contribution < 1.29 is 52.8 Å². The van der Waals surface area contributed by atoms with E-state index < -0.39 is 65.6 Å². The zero-order chi connectivity index (χ0) is 50.6. The van der Waals surface area contributed by atoms with Gasteiger partial charge < -0.3 is 33.7 Å². The van der Waals surface area contributed by atoms with E-state index in [4.69, 9.17) is 23.7 Å². The van der Waals surface area contributed by atoms with E-state index in [0.717, 1.165) is 18.4 Å². The number of aromatic nitrogens is 4. The number of carbonyl (C=O) groups is 5. The molecule has 69 heavy (non-hydrogen) atoms. The third-order valence-electron chi connectivity index (χ3n) is 15.5. The Kier molecular flexibility index (Phi) is 20.8.